The highest BCUT2D eigenvalue weighted by atomic mass is 16.5. The average molecular weight is 289 g/mol. The van der Waals surface area contributed by atoms with Crippen LogP contribution in [0.25, 0.3) is 0 Å². The SMILES string of the molecule is CCCC1CCC(=O)C(CN(C)c2ccc(OC)cc2)C1. The van der Waals surface area contributed by atoms with E-state index in [9.17, 15) is 4.79 Å². The van der Waals surface area contributed by atoms with Gasteiger partial charge in [-0.15, -0.1) is 0 Å². The lowest BCUT2D eigenvalue weighted by Crippen LogP contribution is -2.34. The van der Waals surface area contributed by atoms with Crippen molar-refractivity contribution in [1.29, 1.82) is 0 Å². The van der Waals surface area contributed by atoms with Crippen LogP contribution in [0.15, 0.2) is 24.3 Å². The van der Waals surface area contributed by atoms with Crippen LogP contribution in [0.4, 0.5) is 5.69 Å². The van der Waals surface area contributed by atoms with E-state index in [4.69, 9.17) is 4.74 Å². The van der Waals surface area contributed by atoms with Crippen LogP contribution in [0.2, 0.25) is 0 Å². The van der Waals surface area contributed by atoms with Gasteiger partial charge in [-0.1, -0.05) is 19.8 Å². The summed E-state index contributed by atoms with van der Waals surface area (Å²) in [6, 6.07) is 8.04. The number of nitrogens with zero attached hydrogens (tertiary/aromatic N) is 1. The molecule has 0 heterocycles. The quantitative estimate of drug-likeness (QED) is 0.795. The molecule has 0 bridgehead atoms. The van der Waals surface area contributed by atoms with E-state index >= 15 is 0 Å². The van der Waals surface area contributed by atoms with Crippen LogP contribution in [-0.4, -0.2) is 26.5 Å². The van der Waals surface area contributed by atoms with Crippen LogP contribution >= 0.6 is 0 Å². The number of carbonyl (C=O) groups excluding carboxylic acids is 1. The minimum Gasteiger partial charge on any atom is -0.497 e. The molecule has 0 amide bonds. The molecule has 2 unspecified atom stereocenters. The van der Waals surface area contributed by atoms with Gasteiger partial charge in [0, 0.05) is 31.6 Å². The van der Waals surface area contributed by atoms with Gasteiger partial charge < -0.3 is 9.64 Å². The van der Waals surface area contributed by atoms with E-state index in [2.05, 4.69) is 31.0 Å². The van der Waals surface area contributed by atoms with Crippen molar-refractivity contribution in [2.45, 2.75) is 39.0 Å². The molecule has 1 aromatic carbocycles. The van der Waals surface area contributed by atoms with E-state index in [0.29, 0.717) is 5.78 Å². The van der Waals surface area contributed by atoms with Crippen LogP contribution in [0, 0.1) is 11.8 Å². The van der Waals surface area contributed by atoms with E-state index in [1.54, 1.807) is 7.11 Å². The minimum atomic E-state index is 0.197. The first kappa shape index (κ1) is 15.9. The van der Waals surface area contributed by atoms with Gasteiger partial charge in [0.2, 0.25) is 0 Å². The molecule has 0 saturated heterocycles. The van der Waals surface area contributed by atoms with Gasteiger partial charge in [0.05, 0.1) is 7.11 Å². The Hall–Kier alpha value is -1.51. The molecular formula is C18H27NO2. The van der Waals surface area contributed by atoms with Crippen molar-refractivity contribution >= 4 is 11.5 Å². The van der Waals surface area contributed by atoms with Crippen LogP contribution < -0.4 is 9.64 Å². The van der Waals surface area contributed by atoms with Gasteiger partial charge in [-0.25, -0.2) is 0 Å². The summed E-state index contributed by atoms with van der Waals surface area (Å²) in [5, 5.41) is 0. The predicted molar refractivity (Wildman–Crippen MR) is 87.0 cm³/mol. The number of Topliss-reactive ketones (excluding diaryl/α,β-unsaturated/α-hetero) is 1. The van der Waals surface area contributed by atoms with Gasteiger partial charge in [-0.3, -0.25) is 4.79 Å². The topological polar surface area (TPSA) is 29.5 Å². The number of anilines is 1. The number of benzene rings is 1. The molecule has 3 heteroatoms. The van der Waals surface area contributed by atoms with Crippen molar-refractivity contribution in [1.82, 2.24) is 0 Å². The van der Waals surface area contributed by atoms with E-state index in [1.807, 2.05) is 12.1 Å². The standard InChI is InChI=1S/C18H27NO2/c1-4-5-14-6-11-18(20)15(12-14)13-19(2)16-7-9-17(21-3)10-8-16/h7-10,14-15H,4-6,11-13H2,1-3H3. The molecule has 21 heavy (non-hydrogen) atoms. The molecule has 0 N–H and O–H groups in total. The maximum Gasteiger partial charge on any atom is 0.137 e. The maximum atomic E-state index is 12.2. The molecule has 1 fully saturated rings. The second-order valence-electron chi connectivity index (χ2n) is 6.17. The second kappa shape index (κ2) is 7.48. The number of rotatable bonds is 6. The van der Waals surface area contributed by atoms with Crippen molar-refractivity contribution in [2.75, 3.05) is 25.6 Å². The van der Waals surface area contributed by atoms with Crippen molar-refractivity contribution < 1.29 is 9.53 Å². The van der Waals surface area contributed by atoms with Crippen molar-refractivity contribution in [3.05, 3.63) is 24.3 Å². The average Bonchev–Trinajstić information content (AvgIpc) is 2.51. The van der Waals surface area contributed by atoms with Gasteiger partial charge in [0.25, 0.3) is 0 Å². The Morgan fingerprint density at radius 3 is 2.62 bits per heavy atom. The Morgan fingerprint density at radius 2 is 2.00 bits per heavy atom. The first-order chi connectivity index (χ1) is 10.1. The van der Waals surface area contributed by atoms with Gasteiger partial charge in [0.15, 0.2) is 0 Å². The second-order valence-corrected chi connectivity index (χ2v) is 6.17. The smallest absolute Gasteiger partial charge is 0.137 e. The fraction of sp³-hybridized carbons (Fsp3) is 0.611. The van der Waals surface area contributed by atoms with Crippen LogP contribution in [-0.2, 0) is 4.79 Å². The molecule has 116 valence electrons. The third-order valence-electron chi connectivity index (χ3n) is 4.58. The molecule has 0 radical (unpaired) electrons. The van der Waals surface area contributed by atoms with E-state index in [1.165, 1.54) is 12.8 Å². The summed E-state index contributed by atoms with van der Waals surface area (Å²) in [6.07, 6.45) is 5.41. The fourth-order valence-electron chi connectivity index (χ4n) is 3.32. The summed E-state index contributed by atoms with van der Waals surface area (Å²) < 4.78 is 5.18. The Morgan fingerprint density at radius 1 is 1.29 bits per heavy atom. The van der Waals surface area contributed by atoms with Crippen molar-refractivity contribution in [3.63, 3.8) is 0 Å². The number of hydrogen-bond acceptors (Lipinski definition) is 3. The minimum absolute atomic E-state index is 0.197. The van der Waals surface area contributed by atoms with Crippen molar-refractivity contribution in [2.24, 2.45) is 11.8 Å². The molecule has 0 aliphatic heterocycles. The third-order valence-corrected chi connectivity index (χ3v) is 4.58. The molecule has 1 aliphatic carbocycles. The Kier molecular flexibility index (Phi) is 5.66. The summed E-state index contributed by atoms with van der Waals surface area (Å²) in [7, 11) is 3.74. The molecule has 1 aliphatic rings. The summed E-state index contributed by atoms with van der Waals surface area (Å²) >= 11 is 0. The number of ether oxygens (including phenoxy) is 1. The summed E-state index contributed by atoms with van der Waals surface area (Å²) in [5.41, 5.74) is 1.14. The number of hydrogen-bond donors (Lipinski definition) is 0. The fourth-order valence-corrected chi connectivity index (χ4v) is 3.32. The molecule has 1 aromatic rings. The summed E-state index contributed by atoms with van der Waals surface area (Å²) in [6.45, 7) is 3.06. The molecule has 0 aromatic heterocycles. The first-order valence-corrected chi connectivity index (χ1v) is 8.02. The largest absolute Gasteiger partial charge is 0.497 e. The molecule has 2 atom stereocenters. The normalized spacial score (nSPS) is 22.1. The number of methoxy groups -OCH3 is 1. The highest BCUT2D eigenvalue weighted by molar-refractivity contribution is 5.82. The highest BCUT2D eigenvalue weighted by Crippen LogP contribution is 2.31. The Labute approximate surface area is 128 Å². The van der Waals surface area contributed by atoms with Gasteiger partial charge in [0.1, 0.15) is 11.5 Å². The van der Waals surface area contributed by atoms with Gasteiger partial charge >= 0.3 is 0 Å². The van der Waals surface area contributed by atoms with Crippen LogP contribution in [0.1, 0.15) is 39.0 Å². The van der Waals surface area contributed by atoms with Crippen LogP contribution in [0.5, 0.6) is 5.75 Å². The zero-order chi connectivity index (χ0) is 15.2. The van der Waals surface area contributed by atoms with E-state index in [-0.39, 0.29) is 5.92 Å². The first-order valence-electron chi connectivity index (χ1n) is 8.02. The number of carbonyl (C=O) groups is 1. The molecule has 1 saturated carbocycles. The van der Waals surface area contributed by atoms with Crippen LogP contribution in [0.3, 0.4) is 0 Å². The molecular weight excluding hydrogens is 262 g/mol. The lowest BCUT2D eigenvalue weighted by molar-refractivity contribution is -0.125. The van der Waals surface area contributed by atoms with Crippen molar-refractivity contribution in [3.8, 4) is 5.75 Å². The summed E-state index contributed by atoms with van der Waals surface area (Å²) in [5.74, 6) is 2.25. The van der Waals surface area contributed by atoms with E-state index in [0.717, 1.165) is 43.2 Å². The van der Waals surface area contributed by atoms with Gasteiger partial charge in [-0.2, -0.15) is 0 Å². The molecule has 3 nitrogen and oxygen atoms in total. The lowest BCUT2D eigenvalue weighted by Gasteiger charge is -2.31. The monoisotopic (exact) mass is 289 g/mol. The third kappa shape index (κ3) is 4.23. The Bertz CT molecular complexity index is 455. The Balaban J connectivity index is 1.96. The zero-order valence-electron chi connectivity index (χ0n) is 13.5. The van der Waals surface area contributed by atoms with Gasteiger partial charge in [-0.05, 0) is 43.0 Å². The molecule has 2 rings (SSSR count). The number of ketones is 1. The predicted octanol–water partition coefficient (Wildman–Crippen LogP) is 3.92. The summed E-state index contributed by atoms with van der Waals surface area (Å²) in [4.78, 5) is 14.4. The lowest BCUT2D eigenvalue weighted by atomic mass is 9.78. The maximum absolute atomic E-state index is 12.2. The highest BCUT2D eigenvalue weighted by Gasteiger charge is 2.29. The molecule has 0 spiro atoms. The van der Waals surface area contributed by atoms with E-state index < -0.39 is 0 Å². The zero-order valence-corrected chi connectivity index (χ0v) is 13.5.